The van der Waals surface area contributed by atoms with Crippen molar-refractivity contribution in [3.63, 3.8) is 0 Å². The SMILES string of the molecule is CC(=O)C1CCCN(C2CCN(c3ccc(Cl)cc3Cl)C(c3ccc(Cl)cc3)C2)C1. The third-order valence-electron chi connectivity index (χ3n) is 6.59. The van der Waals surface area contributed by atoms with E-state index in [4.69, 9.17) is 34.8 Å². The second-order valence-corrected chi connectivity index (χ2v) is 9.76. The molecule has 2 heterocycles. The van der Waals surface area contributed by atoms with E-state index in [0.29, 0.717) is 21.9 Å². The predicted molar refractivity (Wildman–Crippen MR) is 126 cm³/mol. The molecule has 0 amide bonds. The van der Waals surface area contributed by atoms with Gasteiger partial charge in [0.15, 0.2) is 0 Å². The Morgan fingerprint density at radius 3 is 2.40 bits per heavy atom. The highest BCUT2D eigenvalue weighted by Gasteiger charge is 2.36. The quantitative estimate of drug-likeness (QED) is 0.504. The van der Waals surface area contributed by atoms with Gasteiger partial charge in [0.25, 0.3) is 0 Å². The van der Waals surface area contributed by atoms with Crippen molar-refractivity contribution in [1.82, 2.24) is 4.90 Å². The zero-order chi connectivity index (χ0) is 21.3. The van der Waals surface area contributed by atoms with Crippen LogP contribution in [-0.4, -0.2) is 36.4 Å². The average molecular weight is 466 g/mol. The molecule has 2 aromatic rings. The highest BCUT2D eigenvalue weighted by Crippen LogP contribution is 2.41. The first kappa shape index (κ1) is 22.0. The van der Waals surface area contributed by atoms with Gasteiger partial charge in [-0.3, -0.25) is 9.69 Å². The van der Waals surface area contributed by atoms with E-state index in [1.54, 1.807) is 6.92 Å². The number of likely N-dealkylation sites (tertiary alicyclic amines) is 1. The van der Waals surface area contributed by atoms with Gasteiger partial charge in [0.2, 0.25) is 0 Å². The van der Waals surface area contributed by atoms with Crippen LogP contribution in [0.1, 0.15) is 44.2 Å². The maximum absolute atomic E-state index is 12.0. The van der Waals surface area contributed by atoms with Crippen molar-refractivity contribution < 1.29 is 4.79 Å². The number of carbonyl (C=O) groups excluding carboxylic acids is 1. The Labute approximate surface area is 193 Å². The summed E-state index contributed by atoms with van der Waals surface area (Å²) in [7, 11) is 0. The summed E-state index contributed by atoms with van der Waals surface area (Å²) in [5.41, 5.74) is 2.25. The number of hydrogen-bond acceptors (Lipinski definition) is 3. The molecular weight excluding hydrogens is 439 g/mol. The summed E-state index contributed by atoms with van der Waals surface area (Å²) in [6.07, 6.45) is 4.16. The third-order valence-corrected chi connectivity index (χ3v) is 7.38. The number of halogens is 3. The molecule has 0 N–H and O–H groups in total. The molecule has 3 nitrogen and oxygen atoms in total. The molecule has 160 valence electrons. The molecule has 0 aromatic heterocycles. The standard InChI is InChI=1S/C24H27Cl3N2O/c1-16(30)18-3-2-11-28(15-18)21-10-12-29(23-9-8-20(26)13-22(23)27)24(14-21)17-4-6-19(25)7-5-17/h4-9,13,18,21,24H,2-3,10-12,14-15H2,1H3. The minimum atomic E-state index is 0.177. The summed E-state index contributed by atoms with van der Waals surface area (Å²) in [5, 5.41) is 2.06. The molecule has 0 radical (unpaired) electrons. The fourth-order valence-corrected chi connectivity index (χ4v) is 5.59. The summed E-state index contributed by atoms with van der Waals surface area (Å²) in [6, 6.07) is 14.5. The molecule has 0 aliphatic carbocycles. The van der Waals surface area contributed by atoms with Crippen LogP contribution in [0.3, 0.4) is 0 Å². The summed E-state index contributed by atoms with van der Waals surface area (Å²) < 4.78 is 0. The predicted octanol–water partition coefficient (Wildman–Crippen LogP) is 6.66. The average Bonchev–Trinajstić information content (AvgIpc) is 2.74. The second-order valence-electron chi connectivity index (χ2n) is 8.48. The van der Waals surface area contributed by atoms with Gasteiger partial charge in [-0.1, -0.05) is 46.9 Å². The first-order valence-electron chi connectivity index (χ1n) is 10.6. The van der Waals surface area contributed by atoms with Crippen molar-refractivity contribution in [2.75, 3.05) is 24.5 Å². The van der Waals surface area contributed by atoms with Crippen molar-refractivity contribution in [1.29, 1.82) is 0 Å². The number of Topliss-reactive ketones (excluding diaryl/α,β-unsaturated/α-hetero) is 1. The summed E-state index contributed by atoms with van der Waals surface area (Å²) in [4.78, 5) is 16.9. The Hall–Kier alpha value is -1.26. The summed E-state index contributed by atoms with van der Waals surface area (Å²) in [5.74, 6) is 0.496. The zero-order valence-electron chi connectivity index (χ0n) is 17.2. The van der Waals surface area contributed by atoms with Crippen LogP contribution in [-0.2, 0) is 4.79 Å². The molecule has 2 saturated heterocycles. The van der Waals surface area contributed by atoms with Gasteiger partial charge in [-0.25, -0.2) is 0 Å². The first-order valence-corrected chi connectivity index (χ1v) is 11.8. The van der Waals surface area contributed by atoms with Gasteiger partial charge < -0.3 is 4.90 Å². The number of piperidine rings is 2. The minimum absolute atomic E-state index is 0.177. The van der Waals surface area contributed by atoms with Crippen LogP contribution in [0.2, 0.25) is 15.1 Å². The molecule has 0 bridgehead atoms. The smallest absolute Gasteiger partial charge is 0.134 e. The van der Waals surface area contributed by atoms with Crippen LogP contribution < -0.4 is 4.90 Å². The van der Waals surface area contributed by atoms with Gasteiger partial charge in [0.05, 0.1) is 16.8 Å². The maximum Gasteiger partial charge on any atom is 0.134 e. The van der Waals surface area contributed by atoms with E-state index in [1.165, 1.54) is 5.56 Å². The molecule has 2 aromatic carbocycles. The topological polar surface area (TPSA) is 23.6 Å². The van der Waals surface area contributed by atoms with Crippen LogP contribution in [0.15, 0.2) is 42.5 Å². The Morgan fingerprint density at radius 1 is 0.967 bits per heavy atom. The maximum atomic E-state index is 12.0. The van der Waals surface area contributed by atoms with E-state index < -0.39 is 0 Å². The number of benzene rings is 2. The fraction of sp³-hybridized carbons (Fsp3) is 0.458. The number of hydrogen-bond donors (Lipinski definition) is 0. The van der Waals surface area contributed by atoms with Gasteiger partial charge in [-0.2, -0.15) is 0 Å². The third kappa shape index (κ3) is 4.80. The van der Waals surface area contributed by atoms with E-state index in [0.717, 1.165) is 56.0 Å². The van der Waals surface area contributed by atoms with E-state index in [2.05, 4.69) is 21.9 Å². The molecule has 2 aliphatic rings. The van der Waals surface area contributed by atoms with Crippen molar-refractivity contribution in [2.24, 2.45) is 5.92 Å². The summed E-state index contributed by atoms with van der Waals surface area (Å²) in [6.45, 7) is 4.59. The van der Waals surface area contributed by atoms with Crippen LogP contribution in [0.5, 0.6) is 0 Å². The molecule has 30 heavy (non-hydrogen) atoms. The lowest BCUT2D eigenvalue weighted by atomic mass is 9.87. The number of ketones is 1. The largest absolute Gasteiger partial charge is 0.363 e. The first-order chi connectivity index (χ1) is 14.4. The Kier molecular flexibility index (Phi) is 6.94. The highest BCUT2D eigenvalue weighted by atomic mass is 35.5. The molecular formula is C24H27Cl3N2O. The number of carbonyl (C=O) groups is 1. The van der Waals surface area contributed by atoms with Crippen molar-refractivity contribution in [3.8, 4) is 0 Å². The fourth-order valence-electron chi connectivity index (χ4n) is 4.95. The zero-order valence-corrected chi connectivity index (χ0v) is 19.4. The van der Waals surface area contributed by atoms with Gasteiger partial charge in [-0.15, -0.1) is 0 Å². The lowest BCUT2D eigenvalue weighted by molar-refractivity contribution is -0.122. The van der Waals surface area contributed by atoms with Gasteiger partial charge in [0.1, 0.15) is 5.78 Å². The van der Waals surface area contributed by atoms with E-state index in [-0.39, 0.29) is 12.0 Å². The molecule has 2 aliphatic heterocycles. The van der Waals surface area contributed by atoms with Crippen LogP contribution in [0.4, 0.5) is 5.69 Å². The van der Waals surface area contributed by atoms with E-state index in [1.807, 2.05) is 30.3 Å². The number of nitrogens with zero attached hydrogens (tertiary/aromatic N) is 2. The van der Waals surface area contributed by atoms with Gasteiger partial charge >= 0.3 is 0 Å². The monoisotopic (exact) mass is 464 g/mol. The molecule has 4 rings (SSSR count). The molecule has 2 fully saturated rings. The molecule has 0 saturated carbocycles. The van der Waals surface area contributed by atoms with Crippen LogP contribution in [0, 0.1) is 5.92 Å². The van der Waals surface area contributed by atoms with Gasteiger partial charge in [0, 0.05) is 35.1 Å². The lowest BCUT2D eigenvalue weighted by Gasteiger charge is -2.47. The molecule has 6 heteroatoms. The Balaban J connectivity index is 1.61. The Bertz CT molecular complexity index is 902. The van der Waals surface area contributed by atoms with Crippen molar-refractivity contribution in [2.45, 2.75) is 44.7 Å². The van der Waals surface area contributed by atoms with Crippen LogP contribution in [0.25, 0.3) is 0 Å². The Morgan fingerprint density at radius 2 is 1.70 bits per heavy atom. The highest BCUT2D eigenvalue weighted by molar-refractivity contribution is 6.36. The normalized spacial score (nSPS) is 25.3. The number of anilines is 1. The van der Waals surface area contributed by atoms with E-state index in [9.17, 15) is 4.79 Å². The van der Waals surface area contributed by atoms with Gasteiger partial charge in [-0.05, 0) is 75.0 Å². The van der Waals surface area contributed by atoms with Crippen molar-refractivity contribution in [3.05, 3.63) is 63.1 Å². The van der Waals surface area contributed by atoms with Crippen molar-refractivity contribution >= 4 is 46.3 Å². The molecule has 3 atom stereocenters. The minimum Gasteiger partial charge on any atom is -0.363 e. The van der Waals surface area contributed by atoms with E-state index >= 15 is 0 Å². The van der Waals surface area contributed by atoms with Crippen LogP contribution >= 0.6 is 34.8 Å². The second kappa shape index (κ2) is 9.48. The summed E-state index contributed by atoms with van der Waals surface area (Å²) >= 11 is 18.9. The lowest BCUT2D eigenvalue weighted by Crippen LogP contribution is -2.50. The number of rotatable bonds is 4. The molecule has 3 unspecified atom stereocenters. The molecule has 0 spiro atoms.